The molecule has 3 atom stereocenters. The summed E-state index contributed by atoms with van der Waals surface area (Å²) in [6.45, 7) is 1.92. The van der Waals surface area contributed by atoms with E-state index >= 15 is 0 Å². The molecule has 2 fully saturated rings. The monoisotopic (exact) mass is 241 g/mol. The number of aliphatic carboxylic acids is 1. The largest absolute Gasteiger partial charge is 0.481 e. The second kappa shape index (κ2) is 4.29. The Morgan fingerprint density at radius 1 is 1.29 bits per heavy atom. The van der Waals surface area contributed by atoms with Crippen molar-refractivity contribution in [1.29, 1.82) is 0 Å². The fourth-order valence-electron chi connectivity index (χ4n) is 2.68. The number of hydrogen-bond acceptors (Lipinski definition) is 3. The molecule has 0 saturated heterocycles. The third-order valence-corrected chi connectivity index (χ3v) is 4.00. The lowest BCUT2D eigenvalue weighted by atomic mass is 9.95. The minimum atomic E-state index is -0.886. The number of hydrogen-bond donors (Lipinski definition) is 3. The summed E-state index contributed by atoms with van der Waals surface area (Å²) < 4.78 is 0. The van der Waals surface area contributed by atoms with Crippen molar-refractivity contribution in [3.8, 4) is 0 Å². The number of rotatable bonds is 4. The fourth-order valence-corrected chi connectivity index (χ4v) is 2.68. The van der Waals surface area contributed by atoms with E-state index in [1.54, 1.807) is 0 Å². The van der Waals surface area contributed by atoms with Gasteiger partial charge in [0.15, 0.2) is 0 Å². The molecule has 0 bridgehead atoms. The lowest BCUT2D eigenvalue weighted by Crippen LogP contribution is -2.44. The van der Waals surface area contributed by atoms with Crippen molar-refractivity contribution in [2.45, 2.75) is 38.1 Å². The first kappa shape index (κ1) is 12.4. The molecule has 0 heterocycles. The van der Waals surface area contributed by atoms with Crippen molar-refractivity contribution in [3.63, 3.8) is 0 Å². The molecule has 0 aromatic carbocycles. The summed E-state index contributed by atoms with van der Waals surface area (Å²) in [6, 6.07) is 0. The predicted octanol–water partition coefficient (Wildman–Crippen LogP) is 0.374. The number of carboxylic acid groups (broad SMARTS) is 1. The van der Waals surface area contributed by atoms with Gasteiger partial charge in [-0.3, -0.25) is 9.59 Å². The predicted molar refractivity (Wildman–Crippen MR) is 60.2 cm³/mol. The first-order chi connectivity index (χ1) is 7.97. The highest BCUT2D eigenvalue weighted by molar-refractivity contribution is 5.86. The van der Waals surface area contributed by atoms with Crippen molar-refractivity contribution >= 4 is 11.9 Å². The van der Waals surface area contributed by atoms with E-state index in [9.17, 15) is 9.59 Å². The second-order valence-corrected chi connectivity index (χ2v) is 5.56. The van der Waals surface area contributed by atoms with Crippen LogP contribution in [0.3, 0.4) is 0 Å². The summed E-state index contributed by atoms with van der Waals surface area (Å²) in [5.41, 5.74) is -0.452. The summed E-state index contributed by atoms with van der Waals surface area (Å²) in [5, 5.41) is 21.0. The van der Waals surface area contributed by atoms with Crippen molar-refractivity contribution < 1.29 is 19.8 Å². The molecule has 5 heteroatoms. The van der Waals surface area contributed by atoms with Gasteiger partial charge in [-0.25, -0.2) is 0 Å². The van der Waals surface area contributed by atoms with Gasteiger partial charge in [-0.1, -0.05) is 6.92 Å². The molecule has 2 saturated carbocycles. The number of carbonyl (C=O) groups excluding carboxylic acids is 1. The van der Waals surface area contributed by atoms with Crippen LogP contribution < -0.4 is 5.32 Å². The number of carbonyl (C=O) groups is 2. The van der Waals surface area contributed by atoms with Crippen LogP contribution >= 0.6 is 0 Å². The van der Waals surface area contributed by atoms with Crippen molar-refractivity contribution in [2.75, 3.05) is 6.61 Å². The Morgan fingerprint density at radius 3 is 2.35 bits per heavy atom. The van der Waals surface area contributed by atoms with E-state index in [-0.39, 0.29) is 18.4 Å². The lowest BCUT2D eigenvalue weighted by Gasteiger charge is -2.20. The van der Waals surface area contributed by atoms with Crippen LogP contribution in [-0.2, 0) is 9.59 Å². The Kier molecular flexibility index (Phi) is 3.12. The normalized spacial score (nSPS) is 34.4. The van der Waals surface area contributed by atoms with Crippen molar-refractivity contribution in [3.05, 3.63) is 0 Å². The standard InChI is InChI=1S/C12H19NO4/c1-7-4-8(9(5-7)11(16)17)10(15)13-12(6-14)2-3-12/h7-9,14H,2-6H2,1H3,(H,13,15)(H,16,17). The Hall–Kier alpha value is -1.10. The number of amides is 1. The van der Waals surface area contributed by atoms with E-state index in [1.807, 2.05) is 6.92 Å². The quantitative estimate of drug-likeness (QED) is 0.664. The van der Waals surface area contributed by atoms with Gasteiger partial charge in [0.1, 0.15) is 0 Å². The Morgan fingerprint density at radius 2 is 1.88 bits per heavy atom. The van der Waals surface area contributed by atoms with Gasteiger partial charge in [0.2, 0.25) is 5.91 Å². The number of aliphatic hydroxyl groups is 1. The summed E-state index contributed by atoms with van der Waals surface area (Å²) >= 11 is 0. The van der Waals surface area contributed by atoms with E-state index in [0.29, 0.717) is 12.8 Å². The average molecular weight is 241 g/mol. The molecular formula is C12H19NO4. The highest BCUT2D eigenvalue weighted by Crippen LogP contribution is 2.39. The average Bonchev–Trinajstić information content (AvgIpc) is 2.92. The van der Waals surface area contributed by atoms with Crippen LogP contribution in [0.2, 0.25) is 0 Å². The molecule has 0 aromatic heterocycles. The third kappa shape index (κ3) is 2.44. The Balaban J connectivity index is 2.00. The topological polar surface area (TPSA) is 86.6 Å². The van der Waals surface area contributed by atoms with Crippen LogP contribution in [0.4, 0.5) is 0 Å². The zero-order valence-corrected chi connectivity index (χ0v) is 9.98. The highest BCUT2D eigenvalue weighted by atomic mass is 16.4. The van der Waals surface area contributed by atoms with Gasteiger partial charge >= 0.3 is 5.97 Å². The molecule has 2 aliphatic rings. The van der Waals surface area contributed by atoms with E-state index in [0.717, 1.165) is 12.8 Å². The van der Waals surface area contributed by atoms with E-state index in [2.05, 4.69) is 5.32 Å². The molecule has 1 amide bonds. The maximum atomic E-state index is 12.0. The SMILES string of the molecule is CC1CC(C(=O)O)C(C(=O)NC2(CO)CC2)C1. The summed E-state index contributed by atoms with van der Waals surface area (Å²) in [7, 11) is 0. The Labute approximate surface area is 100 Å². The smallest absolute Gasteiger partial charge is 0.307 e. The van der Waals surface area contributed by atoms with Crippen LogP contribution in [0, 0.1) is 17.8 Å². The summed E-state index contributed by atoms with van der Waals surface area (Å²) in [5.74, 6) is -1.82. The zero-order valence-electron chi connectivity index (χ0n) is 9.98. The molecule has 3 N–H and O–H groups in total. The van der Waals surface area contributed by atoms with Gasteiger partial charge in [-0.2, -0.15) is 0 Å². The van der Waals surface area contributed by atoms with Crippen molar-refractivity contribution in [2.24, 2.45) is 17.8 Å². The van der Waals surface area contributed by atoms with Gasteiger partial charge < -0.3 is 15.5 Å². The summed E-state index contributed by atoms with van der Waals surface area (Å²) in [4.78, 5) is 23.1. The maximum absolute atomic E-state index is 12.0. The van der Waals surface area contributed by atoms with E-state index < -0.39 is 23.3 Å². The zero-order chi connectivity index (χ0) is 12.6. The first-order valence-corrected chi connectivity index (χ1v) is 6.13. The minimum absolute atomic E-state index is 0.0568. The van der Waals surface area contributed by atoms with Crippen LogP contribution in [0.5, 0.6) is 0 Å². The van der Waals surface area contributed by atoms with E-state index in [4.69, 9.17) is 10.2 Å². The second-order valence-electron chi connectivity index (χ2n) is 5.56. The van der Waals surface area contributed by atoms with Gasteiger partial charge in [0.25, 0.3) is 0 Å². The molecule has 96 valence electrons. The van der Waals surface area contributed by atoms with Gasteiger partial charge in [-0.15, -0.1) is 0 Å². The van der Waals surface area contributed by atoms with Crippen molar-refractivity contribution in [1.82, 2.24) is 5.32 Å². The first-order valence-electron chi connectivity index (χ1n) is 6.13. The molecule has 0 aromatic rings. The van der Waals surface area contributed by atoms with Gasteiger partial charge in [0, 0.05) is 0 Å². The molecule has 3 unspecified atom stereocenters. The molecule has 2 rings (SSSR count). The molecular weight excluding hydrogens is 222 g/mol. The van der Waals surface area contributed by atoms with Crippen LogP contribution in [0.25, 0.3) is 0 Å². The molecule has 5 nitrogen and oxygen atoms in total. The maximum Gasteiger partial charge on any atom is 0.307 e. The third-order valence-electron chi connectivity index (χ3n) is 4.00. The number of aliphatic hydroxyl groups excluding tert-OH is 1. The number of carboxylic acids is 1. The minimum Gasteiger partial charge on any atom is -0.481 e. The Bertz CT molecular complexity index is 337. The van der Waals surface area contributed by atoms with Crippen LogP contribution in [-0.4, -0.2) is 34.2 Å². The van der Waals surface area contributed by atoms with Crippen LogP contribution in [0.15, 0.2) is 0 Å². The lowest BCUT2D eigenvalue weighted by molar-refractivity contribution is -0.146. The number of nitrogens with one attached hydrogen (secondary N) is 1. The summed E-state index contributed by atoms with van der Waals surface area (Å²) in [6.07, 6.45) is 2.77. The molecule has 2 aliphatic carbocycles. The molecule has 0 radical (unpaired) electrons. The van der Waals surface area contributed by atoms with E-state index in [1.165, 1.54) is 0 Å². The van der Waals surface area contributed by atoms with Gasteiger partial charge in [-0.05, 0) is 31.6 Å². The molecule has 17 heavy (non-hydrogen) atoms. The van der Waals surface area contributed by atoms with Crippen LogP contribution in [0.1, 0.15) is 32.6 Å². The highest BCUT2D eigenvalue weighted by Gasteiger charge is 2.47. The molecule has 0 aliphatic heterocycles. The van der Waals surface area contributed by atoms with Gasteiger partial charge in [0.05, 0.1) is 24.0 Å². The molecule has 0 spiro atoms. The fraction of sp³-hybridized carbons (Fsp3) is 0.833.